The van der Waals surface area contributed by atoms with Crippen molar-refractivity contribution in [3.8, 4) is 0 Å². The first kappa shape index (κ1) is 12.0. The molecule has 1 rings (SSSR count). The van der Waals surface area contributed by atoms with Crippen molar-refractivity contribution in [1.82, 2.24) is 4.90 Å². The van der Waals surface area contributed by atoms with E-state index in [0.717, 1.165) is 6.54 Å². The van der Waals surface area contributed by atoms with Gasteiger partial charge in [-0.1, -0.05) is 26.7 Å². The molecule has 1 saturated heterocycles. The van der Waals surface area contributed by atoms with Crippen molar-refractivity contribution < 1.29 is 0 Å². The number of nitrogens with zero attached hydrogens (tertiary/aromatic N) is 1. The third-order valence-electron chi connectivity index (χ3n) is 3.60. The van der Waals surface area contributed by atoms with Crippen molar-refractivity contribution in [2.75, 3.05) is 19.6 Å². The van der Waals surface area contributed by atoms with Crippen LogP contribution >= 0.6 is 0 Å². The lowest BCUT2D eigenvalue weighted by Crippen LogP contribution is -2.60. The van der Waals surface area contributed by atoms with Crippen LogP contribution in [0.4, 0.5) is 0 Å². The molecule has 0 saturated carbocycles. The summed E-state index contributed by atoms with van der Waals surface area (Å²) in [5.41, 5.74) is 6.32. The van der Waals surface area contributed by atoms with Gasteiger partial charge in [0.05, 0.1) is 0 Å². The fraction of sp³-hybridized carbons (Fsp3) is 1.00. The van der Waals surface area contributed by atoms with Gasteiger partial charge in [-0.15, -0.1) is 0 Å². The minimum absolute atomic E-state index is 0.580. The van der Waals surface area contributed by atoms with E-state index in [1.807, 2.05) is 0 Å². The van der Waals surface area contributed by atoms with Crippen LogP contribution in [0.5, 0.6) is 0 Å². The maximum atomic E-state index is 5.68. The zero-order chi connectivity index (χ0) is 10.6. The topological polar surface area (TPSA) is 29.3 Å². The molecule has 1 aliphatic heterocycles. The molecule has 0 bridgehead atoms. The second-order valence-corrected chi connectivity index (χ2v) is 4.99. The third kappa shape index (κ3) is 2.48. The van der Waals surface area contributed by atoms with E-state index in [-0.39, 0.29) is 0 Å². The Hall–Kier alpha value is -0.0800. The summed E-state index contributed by atoms with van der Waals surface area (Å²) >= 11 is 0. The number of rotatable bonds is 6. The number of nitrogens with two attached hydrogens (primary N) is 1. The molecule has 0 aromatic carbocycles. The molecule has 1 aliphatic rings. The van der Waals surface area contributed by atoms with Crippen LogP contribution in [-0.4, -0.2) is 30.6 Å². The van der Waals surface area contributed by atoms with Gasteiger partial charge >= 0.3 is 0 Å². The van der Waals surface area contributed by atoms with Gasteiger partial charge in [0, 0.05) is 25.7 Å². The SMILES string of the molecule is CCCC1(CCC)CN(C(C)CN)C1. The zero-order valence-electron chi connectivity index (χ0n) is 10.1. The van der Waals surface area contributed by atoms with Crippen LogP contribution in [-0.2, 0) is 0 Å². The molecular formula is C12H26N2. The van der Waals surface area contributed by atoms with E-state index >= 15 is 0 Å². The van der Waals surface area contributed by atoms with Gasteiger partial charge in [-0.05, 0) is 25.2 Å². The van der Waals surface area contributed by atoms with Crippen molar-refractivity contribution in [2.45, 2.75) is 52.5 Å². The van der Waals surface area contributed by atoms with Crippen molar-refractivity contribution in [2.24, 2.45) is 11.1 Å². The number of hydrogen-bond acceptors (Lipinski definition) is 2. The van der Waals surface area contributed by atoms with Gasteiger partial charge in [0.25, 0.3) is 0 Å². The molecule has 2 heteroatoms. The summed E-state index contributed by atoms with van der Waals surface area (Å²) in [6, 6.07) is 0.580. The highest BCUT2D eigenvalue weighted by molar-refractivity contribution is 4.96. The quantitative estimate of drug-likeness (QED) is 0.709. The first-order chi connectivity index (χ1) is 6.67. The van der Waals surface area contributed by atoms with Crippen LogP contribution in [0.15, 0.2) is 0 Å². The van der Waals surface area contributed by atoms with Crippen LogP contribution in [0.25, 0.3) is 0 Å². The Kier molecular flexibility index (Phi) is 4.39. The van der Waals surface area contributed by atoms with Gasteiger partial charge in [-0.3, -0.25) is 4.90 Å². The standard InChI is InChI=1S/C12H26N2/c1-4-6-12(7-5-2)9-14(10-12)11(3)8-13/h11H,4-10,13H2,1-3H3. The molecule has 0 aromatic rings. The maximum absolute atomic E-state index is 5.68. The van der Waals surface area contributed by atoms with Gasteiger partial charge in [-0.25, -0.2) is 0 Å². The largest absolute Gasteiger partial charge is 0.329 e. The van der Waals surface area contributed by atoms with E-state index in [0.29, 0.717) is 11.5 Å². The first-order valence-corrected chi connectivity index (χ1v) is 6.11. The summed E-state index contributed by atoms with van der Waals surface area (Å²) in [6.45, 7) is 10.2. The van der Waals surface area contributed by atoms with E-state index in [4.69, 9.17) is 5.73 Å². The van der Waals surface area contributed by atoms with Crippen molar-refractivity contribution in [1.29, 1.82) is 0 Å². The molecular weight excluding hydrogens is 172 g/mol. The van der Waals surface area contributed by atoms with Crippen LogP contribution < -0.4 is 5.73 Å². The molecule has 0 aromatic heterocycles. The Bertz CT molecular complexity index is 154. The van der Waals surface area contributed by atoms with Crippen LogP contribution in [0.1, 0.15) is 46.5 Å². The van der Waals surface area contributed by atoms with E-state index < -0.39 is 0 Å². The highest BCUT2D eigenvalue weighted by atomic mass is 15.2. The lowest BCUT2D eigenvalue weighted by atomic mass is 9.72. The van der Waals surface area contributed by atoms with Gasteiger partial charge < -0.3 is 5.73 Å². The Morgan fingerprint density at radius 2 is 1.71 bits per heavy atom. The average Bonchev–Trinajstić information content (AvgIpc) is 2.12. The second kappa shape index (κ2) is 5.13. The highest BCUT2D eigenvalue weighted by Gasteiger charge is 2.42. The molecule has 0 radical (unpaired) electrons. The molecule has 84 valence electrons. The highest BCUT2D eigenvalue weighted by Crippen LogP contribution is 2.40. The van der Waals surface area contributed by atoms with Crippen molar-refractivity contribution >= 4 is 0 Å². The van der Waals surface area contributed by atoms with Crippen molar-refractivity contribution in [3.05, 3.63) is 0 Å². The minimum atomic E-state index is 0.580. The van der Waals surface area contributed by atoms with Crippen LogP contribution in [0.2, 0.25) is 0 Å². The smallest absolute Gasteiger partial charge is 0.0190 e. The molecule has 2 N–H and O–H groups in total. The Morgan fingerprint density at radius 3 is 2.07 bits per heavy atom. The molecule has 1 unspecified atom stereocenters. The Morgan fingerprint density at radius 1 is 1.21 bits per heavy atom. The van der Waals surface area contributed by atoms with Crippen molar-refractivity contribution in [3.63, 3.8) is 0 Å². The van der Waals surface area contributed by atoms with Crippen LogP contribution in [0.3, 0.4) is 0 Å². The molecule has 0 aliphatic carbocycles. The Balaban J connectivity index is 2.38. The summed E-state index contributed by atoms with van der Waals surface area (Å²) in [5.74, 6) is 0. The monoisotopic (exact) mass is 198 g/mol. The molecule has 0 spiro atoms. The summed E-state index contributed by atoms with van der Waals surface area (Å²) < 4.78 is 0. The van der Waals surface area contributed by atoms with Gasteiger partial charge in [0.15, 0.2) is 0 Å². The minimum Gasteiger partial charge on any atom is -0.329 e. The summed E-state index contributed by atoms with van der Waals surface area (Å²) in [6.07, 6.45) is 5.44. The molecule has 2 nitrogen and oxygen atoms in total. The van der Waals surface area contributed by atoms with Gasteiger partial charge in [-0.2, -0.15) is 0 Å². The molecule has 1 heterocycles. The summed E-state index contributed by atoms with van der Waals surface area (Å²) in [7, 11) is 0. The summed E-state index contributed by atoms with van der Waals surface area (Å²) in [5, 5.41) is 0. The van der Waals surface area contributed by atoms with Gasteiger partial charge in [0.2, 0.25) is 0 Å². The van der Waals surface area contributed by atoms with E-state index in [9.17, 15) is 0 Å². The lowest BCUT2D eigenvalue weighted by Gasteiger charge is -2.53. The Labute approximate surface area is 88.8 Å². The molecule has 14 heavy (non-hydrogen) atoms. The first-order valence-electron chi connectivity index (χ1n) is 6.11. The predicted octanol–water partition coefficient (Wildman–Crippen LogP) is 2.24. The fourth-order valence-corrected chi connectivity index (χ4v) is 2.78. The normalized spacial score (nSPS) is 23.1. The molecule has 1 fully saturated rings. The average molecular weight is 198 g/mol. The lowest BCUT2D eigenvalue weighted by molar-refractivity contribution is -0.0370. The number of hydrogen-bond donors (Lipinski definition) is 1. The molecule has 1 atom stereocenters. The summed E-state index contributed by atoms with van der Waals surface area (Å²) in [4.78, 5) is 2.53. The third-order valence-corrected chi connectivity index (χ3v) is 3.60. The fourth-order valence-electron chi connectivity index (χ4n) is 2.78. The van der Waals surface area contributed by atoms with E-state index in [1.165, 1.54) is 38.8 Å². The zero-order valence-corrected chi connectivity index (χ0v) is 10.1. The number of likely N-dealkylation sites (tertiary alicyclic amines) is 1. The molecule has 0 amide bonds. The maximum Gasteiger partial charge on any atom is 0.0190 e. The van der Waals surface area contributed by atoms with Crippen LogP contribution in [0, 0.1) is 5.41 Å². The van der Waals surface area contributed by atoms with Gasteiger partial charge in [0.1, 0.15) is 0 Å². The second-order valence-electron chi connectivity index (χ2n) is 4.99. The van der Waals surface area contributed by atoms with E-state index in [1.54, 1.807) is 0 Å². The van der Waals surface area contributed by atoms with E-state index in [2.05, 4.69) is 25.7 Å². The predicted molar refractivity (Wildman–Crippen MR) is 62.3 cm³/mol.